The number of carbonyl (C=O) groups excluding carboxylic acids is 1. The number of nitrogens with zero attached hydrogens (tertiary/aromatic N) is 1. The topological polar surface area (TPSA) is 76.8 Å². The quantitative estimate of drug-likeness (QED) is 0.575. The van der Waals surface area contributed by atoms with Crippen LogP contribution in [-0.2, 0) is 11.3 Å². The van der Waals surface area contributed by atoms with Crippen LogP contribution in [0.25, 0.3) is 0 Å². The minimum absolute atomic E-state index is 0.346. The number of nitrogens with two attached hydrogens (primary N) is 1. The Hall–Kier alpha value is -2.73. The van der Waals surface area contributed by atoms with Gasteiger partial charge in [0.15, 0.2) is 0 Å². The van der Waals surface area contributed by atoms with E-state index in [0.717, 1.165) is 17.0 Å². The lowest BCUT2D eigenvalue weighted by Gasteiger charge is -2.19. The predicted octanol–water partition coefficient (Wildman–Crippen LogP) is 2.69. The van der Waals surface area contributed by atoms with Gasteiger partial charge in [-0.15, -0.1) is 0 Å². The molecule has 0 atom stereocenters. The molecule has 1 amide bonds. The Kier molecular flexibility index (Phi) is 6.91. The Labute approximate surface area is 142 Å². The zero-order chi connectivity index (χ0) is 17.2. The molecular weight excluding hydrogens is 306 g/mol. The lowest BCUT2D eigenvalue weighted by molar-refractivity contribution is 0.152. The smallest absolute Gasteiger partial charge is 0.407 e. The lowest BCUT2D eigenvalue weighted by atomic mass is 10.2. The normalized spacial score (nSPS) is 10.1. The lowest BCUT2D eigenvalue weighted by Crippen LogP contribution is -2.39. The monoisotopic (exact) mass is 329 g/mol. The average molecular weight is 329 g/mol. The number of rotatable bonds is 8. The zero-order valence-electron chi connectivity index (χ0n) is 13.8. The van der Waals surface area contributed by atoms with Gasteiger partial charge in [0.2, 0.25) is 0 Å². The van der Waals surface area contributed by atoms with Crippen LogP contribution in [-0.4, -0.2) is 25.8 Å². The fraction of sp³-hybridized carbons (Fsp3) is 0.278. The minimum Gasteiger partial charge on any atom is -0.489 e. The Balaban J connectivity index is 1.83. The SMILES string of the molecule is CCOC(=O)NCCN(N)c1cccc(OCc2ccccc2)c1. The Morgan fingerprint density at radius 2 is 1.96 bits per heavy atom. The molecule has 2 aromatic carbocycles. The van der Waals surface area contributed by atoms with E-state index in [-0.39, 0.29) is 0 Å². The summed E-state index contributed by atoms with van der Waals surface area (Å²) in [5, 5.41) is 4.19. The van der Waals surface area contributed by atoms with Gasteiger partial charge in [0.1, 0.15) is 12.4 Å². The number of anilines is 1. The maximum Gasteiger partial charge on any atom is 0.407 e. The van der Waals surface area contributed by atoms with Crippen molar-refractivity contribution in [2.24, 2.45) is 5.84 Å². The van der Waals surface area contributed by atoms with E-state index < -0.39 is 6.09 Å². The second-order valence-corrected chi connectivity index (χ2v) is 5.11. The Morgan fingerprint density at radius 1 is 1.17 bits per heavy atom. The van der Waals surface area contributed by atoms with E-state index in [0.29, 0.717) is 26.3 Å². The maximum absolute atomic E-state index is 11.2. The van der Waals surface area contributed by atoms with Gasteiger partial charge in [-0.25, -0.2) is 10.6 Å². The number of hydrogen-bond acceptors (Lipinski definition) is 5. The van der Waals surface area contributed by atoms with Crippen LogP contribution < -0.4 is 20.9 Å². The van der Waals surface area contributed by atoms with Crippen LogP contribution in [0.3, 0.4) is 0 Å². The summed E-state index contributed by atoms with van der Waals surface area (Å²) < 4.78 is 10.6. The van der Waals surface area contributed by atoms with E-state index in [1.54, 1.807) is 11.9 Å². The third-order valence-corrected chi connectivity index (χ3v) is 3.30. The molecule has 0 saturated heterocycles. The molecule has 0 heterocycles. The van der Waals surface area contributed by atoms with E-state index in [2.05, 4.69) is 5.32 Å². The number of benzene rings is 2. The molecule has 0 unspecified atom stereocenters. The van der Waals surface area contributed by atoms with Crippen molar-refractivity contribution in [2.45, 2.75) is 13.5 Å². The molecule has 128 valence electrons. The van der Waals surface area contributed by atoms with E-state index in [9.17, 15) is 4.79 Å². The Morgan fingerprint density at radius 3 is 2.71 bits per heavy atom. The second kappa shape index (κ2) is 9.42. The van der Waals surface area contributed by atoms with Crippen molar-refractivity contribution in [2.75, 3.05) is 24.7 Å². The van der Waals surface area contributed by atoms with Gasteiger partial charge in [-0.3, -0.25) is 0 Å². The van der Waals surface area contributed by atoms with Crippen LogP contribution in [0.2, 0.25) is 0 Å². The summed E-state index contributed by atoms with van der Waals surface area (Å²) in [7, 11) is 0. The fourth-order valence-corrected chi connectivity index (χ4v) is 2.08. The molecule has 0 radical (unpaired) electrons. The number of hydrazine groups is 1. The van der Waals surface area contributed by atoms with Crippen LogP contribution in [0.5, 0.6) is 5.75 Å². The summed E-state index contributed by atoms with van der Waals surface area (Å²) in [4.78, 5) is 11.2. The van der Waals surface area contributed by atoms with Crippen LogP contribution in [0, 0.1) is 0 Å². The Bertz CT molecular complexity index is 634. The highest BCUT2D eigenvalue weighted by Crippen LogP contribution is 2.20. The molecule has 0 spiro atoms. The van der Waals surface area contributed by atoms with E-state index in [1.165, 1.54) is 0 Å². The van der Waals surface area contributed by atoms with Crippen molar-refractivity contribution in [3.8, 4) is 5.75 Å². The number of carbonyl (C=O) groups is 1. The van der Waals surface area contributed by atoms with Gasteiger partial charge in [0.05, 0.1) is 18.8 Å². The van der Waals surface area contributed by atoms with Crippen molar-refractivity contribution in [3.63, 3.8) is 0 Å². The van der Waals surface area contributed by atoms with Gasteiger partial charge < -0.3 is 19.8 Å². The molecule has 2 rings (SSSR count). The highest BCUT2D eigenvalue weighted by Gasteiger charge is 2.05. The highest BCUT2D eigenvalue weighted by atomic mass is 16.5. The zero-order valence-corrected chi connectivity index (χ0v) is 13.8. The molecule has 0 fully saturated rings. The average Bonchev–Trinajstić information content (AvgIpc) is 2.61. The van der Waals surface area contributed by atoms with Gasteiger partial charge in [-0.05, 0) is 24.6 Å². The molecular formula is C18H23N3O3. The first kappa shape index (κ1) is 17.6. The molecule has 6 nitrogen and oxygen atoms in total. The van der Waals surface area contributed by atoms with Gasteiger partial charge in [-0.1, -0.05) is 36.4 Å². The van der Waals surface area contributed by atoms with Crippen LogP contribution in [0.4, 0.5) is 10.5 Å². The van der Waals surface area contributed by atoms with Gasteiger partial charge in [0, 0.05) is 12.6 Å². The van der Waals surface area contributed by atoms with Gasteiger partial charge in [-0.2, -0.15) is 0 Å². The molecule has 3 N–H and O–H groups in total. The summed E-state index contributed by atoms with van der Waals surface area (Å²) in [6.45, 7) is 3.46. The first-order valence-corrected chi connectivity index (χ1v) is 7.88. The van der Waals surface area contributed by atoms with E-state index >= 15 is 0 Å². The van der Waals surface area contributed by atoms with Crippen molar-refractivity contribution in [1.82, 2.24) is 5.32 Å². The molecule has 24 heavy (non-hydrogen) atoms. The van der Waals surface area contributed by atoms with Crippen LogP contribution in [0.1, 0.15) is 12.5 Å². The second-order valence-electron chi connectivity index (χ2n) is 5.11. The standard InChI is InChI=1S/C18H23N3O3/c1-2-23-18(22)20-11-12-21(19)16-9-6-10-17(13-16)24-14-15-7-4-3-5-8-15/h3-10,13H,2,11-12,14,19H2,1H3,(H,20,22). The van der Waals surface area contributed by atoms with Crippen molar-refractivity contribution in [3.05, 3.63) is 60.2 Å². The van der Waals surface area contributed by atoms with Crippen LogP contribution >= 0.6 is 0 Å². The van der Waals surface area contributed by atoms with Gasteiger partial charge in [0.25, 0.3) is 0 Å². The van der Waals surface area contributed by atoms with Crippen LogP contribution in [0.15, 0.2) is 54.6 Å². The number of ether oxygens (including phenoxy) is 2. The van der Waals surface area contributed by atoms with Crippen molar-refractivity contribution >= 4 is 11.8 Å². The van der Waals surface area contributed by atoms with Gasteiger partial charge >= 0.3 is 6.09 Å². The number of amides is 1. The molecule has 0 bridgehead atoms. The largest absolute Gasteiger partial charge is 0.489 e. The summed E-state index contributed by atoms with van der Waals surface area (Å²) in [6.07, 6.45) is -0.439. The third-order valence-electron chi connectivity index (χ3n) is 3.30. The number of alkyl carbamates (subject to hydrolysis) is 1. The van der Waals surface area contributed by atoms with E-state index in [1.807, 2.05) is 54.6 Å². The van der Waals surface area contributed by atoms with Crippen molar-refractivity contribution < 1.29 is 14.3 Å². The predicted molar refractivity (Wildman–Crippen MR) is 93.8 cm³/mol. The fourth-order valence-electron chi connectivity index (χ4n) is 2.08. The maximum atomic E-state index is 11.2. The molecule has 0 aliphatic heterocycles. The molecule has 0 aliphatic carbocycles. The first-order valence-electron chi connectivity index (χ1n) is 7.88. The molecule has 0 aliphatic rings. The summed E-state index contributed by atoms with van der Waals surface area (Å²) in [5.41, 5.74) is 1.91. The molecule has 2 aromatic rings. The highest BCUT2D eigenvalue weighted by molar-refractivity contribution is 5.67. The number of hydrogen-bond donors (Lipinski definition) is 2. The molecule has 6 heteroatoms. The summed E-state index contributed by atoms with van der Waals surface area (Å²) in [6, 6.07) is 17.5. The summed E-state index contributed by atoms with van der Waals surface area (Å²) >= 11 is 0. The van der Waals surface area contributed by atoms with Crippen molar-refractivity contribution in [1.29, 1.82) is 0 Å². The number of nitrogens with one attached hydrogen (secondary N) is 1. The summed E-state index contributed by atoms with van der Waals surface area (Å²) in [5.74, 6) is 6.76. The van der Waals surface area contributed by atoms with E-state index in [4.69, 9.17) is 15.3 Å². The molecule has 0 saturated carbocycles. The molecule has 0 aromatic heterocycles. The minimum atomic E-state index is -0.439. The first-order chi connectivity index (χ1) is 11.7. The third kappa shape index (κ3) is 5.81.